The minimum Gasteiger partial charge on any atom is -0.372 e. The summed E-state index contributed by atoms with van der Waals surface area (Å²) in [6.45, 7) is 6.03. The zero-order valence-electron chi connectivity index (χ0n) is 10.4. The molecule has 0 aromatic heterocycles. The van der Waals surface area contributed by atoms with Crippen molar-refractivity contribution >= 4 is 17.3 Å². The number of nitrogens with one attached hydrogen (secondary N) is 1. The Bertz CT molecular complexity index is 519. The smallest absolute Gasteiger partial charge is 0.0778 e. The Labute approximate surface area is 113 Å². The van der Waals surface area contributed by atoms with E-state index in [1.807, 2.05) is 60.7 Å². The first kappa shape index (κ1) is 12.7. The molecule has 0 amide bonds. The molecule has 2 aromatic carbocycles. The largest absolute Gasteiger partial charge is 0.372 e. The van der Waals surface area contributed by atoms with Gasteiger partial charge in [-0.2, -0.15) is 0 Å². The summed E-state index contributed by atoms with van der Waals surface area (Å²) >= 11 is 5.92. The Hall–Kier alpha value is -1.73. The summed E-state index contributed by atoms with van der Waals surface area (Å²) in [4.78, 5) is 0. The Morgan fingerprint density at radius 1 is 1.06 bits per heavy atom. The van der Waals surface area contributed by atoms with Gasteiger partial charge in [0.15, 0.2) is 0 Å². The molecule has 0 saturated carbocycles. The van der Waals surface area contributed by atoms with Crippen molar-refractivity contribution < 1.29 is 0 Å². The molecule has 0 saturated heterocycles. The lowest BCUT2D eigenvalue weighted by molar-refractivity contribution is 0.692. The Morgan fingerprint density at radius 3 is 2.22 bits per heavy atom. The Kier molecular flexibility index (Phi) is 3.73. The van der Waals surface area contributed by atoms with Gasteiger partial charge in [0.25, 0.3) is 0 Å². The third-order valence-electron chi connectivity index (χ3n) is 3.03. The van der Waals surface area contributed by atoms with E-state index in [-0.39, 0.29) is 5.54 Å². The summed E-state index contributed by atoms with van der Waals surface area (Å²) in [6, 6.07) is 17.9. The van der Waals surface area contributed by atoms with Crippen LogP contribution in [-0.4, -0.2) is 0 Å². The lowest BCUT2D eigenvalue weighted by atomic mass is 9.92. The zero-order valence-corrected chi connectivity index (χ0v) is 11.1. The van der Waals surface area contributed by atoms with E-state index < -0.39 is 0 Å². The van der Waals surface area contributed by atoms with E-state index in [2.05, 4.69) is 18.8 Å². The highest BCUT2D eigenvalue weighted by Gasteiger charge is 2.22. The first-order valence-electron chi connectivity index (χ1n) is 5.87. The standard InChI is InChI=1S/C16H16ClN/c1-3-16(2,13-9-11-14(17)12-10-13)18-15-7-5-4-6-8-15/h3-12,18H,1H2,2H3/t16-/m0/s1. The van der Waals surface area contributed by atoms with Crippen LogP contribution in [0.5, 0.6) is 0 Å². The maximum atomic E-state index is 5.92. The van der Waals surface area contributed by atoms with E-state index in [0.29, 0.717) is 0 Å². The molecular formula is C16H16ClN. The van der Waals surface area contributed by atoms with Gasteiger partial charge in [-0.15, -0.1) is 6.58 Å². The maximum absolute atomic E-state index is 5.92. The second-order valence-corrected chi connectivity index (χ2v) is 4.84. The predicted octanol–water partition coefficient (Wildman–Crippen LogP) is 4.85. The molecular weight excluding hydrogens is 242 g/mol. The Morgan fingerprint density at radius 2 is 1.67 bits per heavy atom. The number of benzene rings is 2. The van der Waals surface area contributed by atoms with E-state index in [1.165, 1.54) is 0 Å². The molecule has 0 spiro atoms. The van der Waals surface area contributed by atoms with Gasteiger partial charge in [-0.1, -0.05) is 48.0 Å². The second-order valence-electron chi connectivity index (χ2n) is 4.40. The van der Waals surface area contributed by atoms with Crippen molar-refractivity contribution in [2.24, 2.45) is 0 Å². The second kappa shape index (κ2) is 5.28. The van der Waals surface area contributed by atoms with Gasteiger partial charge in [-0.05, 0) is 36.8 Å². The van der Waals surface area contributed by atoms with Crippen molar-refractivity contribution in [3.05, 3.63) is 77.8 Å². The van der Waals surface area contributed by atoms with Crippen LogP contribution in [0.25, 0.3) is 0 Å². The average Bonchev–Trinajstić information content (AvgIpc) is 2.40. The average molecular weight is 258 g/mol. The van der Waals surface area contributed by atoms with E-state index in [1.54, 1.807) is 0 Å². The van der Waals surface area contributed by atoms with Crippen LogP contribution in [0.1, 0.15) is 12.5 Å². The van der Waals surface area contributed by atoms with Crippen LogP contribution in [0.3, 0.4) is 0 Å². The van der Waals surface area contributed by atoms with Crippen molar-refractivity contribution in [3.63, 3.8) is 0 Å². The van der Waals surface area contributed by atoms with Crippen LogP contribution in [0, 0.1) is 0 Å². The highest BCUT2D eigenvalue weighted by Crippen LogP contribution is 2.28. The number of hydrogen-bond acceptors (Lipinski definition) is 1. The molecule has 0 bridgehead atoms. The molecule has 0 unspecified atom stereocenters. The quantitative estimate of drug-likeness (QED) is 0.772. The Balaban J connectivity index is 2.30. The van der Waals surface area contributed by atoms with E-state index in [9.17, 15) is 0 Å². The number of anilines is 1. The van der Waals surface area contributed by atoms with Gasteiger partial charge in [0, 0.05) is 10.7 Å². The van der Waals surface area contributed by atoms with Crippen LogP contribution in [-0.2, 0) is 5.54 Å². The van der Waals surface area contributed by atoms with Crippen LogP contribution >= 0.6 is 11.6 Å². The third-order valence-corrected chi connectivity index (χ3v) is 3.28. The van der Waals surface area contributed by atoms with Crippen molar-refractivity contribution in [3.8, 4) is 0 Å². The normalized spacial score (nSPS) is 13.7. The van der Waals surface area contributed by atoms with Gasteiger partial charge in [0.1, 0.15) is 0 Å². The summed E-state index contributed by atoms with van der Waals surface area (Å²) in [6.07, 6.45) is 1.91. The van der Waals surface area contributed by atoms with E-state index >= 15 is 0 Å². The minimum atomic E-state index is -0.314. The molecule has 1 N–H and O–H groups in total. The van der Waals surface area contributed by atoms with Gasteiger partial charge in [-0.25, -0.2) is 0 Å². The zero-order chi connectivity index (χ0) is 13.0. The first-order chi connectivity index (χ1) is 8.64. The van der Waals surface area contributed by atoms with Gasteiger partial charge >= 0.3 is 0 Å². The molecule has 18 heavy (non-hydrogen) atoms. The molecule has 2 aromatic rings. The number of rotatable bonds is 4. The van der Waals surface area contributed by atoms with Crippen LogP contribution in [0.4, 0.5) is 5.69 Å². The van der Waals surface area contributed by atoms with Gasteiger partial charge in [-0.3, -0.25) is 0 Å². The van der Waals surface area contributed by atoms with Crippen LogP contribution < -0.4 is 5.32 Å². The fraction of sp³-hybridized carbons (Fsp3) is 0.125. The highest BCUT2D eigenvalue weighted by atomic mass is 35.5. The first-order valence-corrected chi connectivity index (χ1v) is 6.25. The molecule has 0 aliphatic carbocycles. The van der Waals surface area contributed by atoms with Gasteiger partial charge in [0.2, 0.25) is 0 Å². The topological polar surface area (TPSA) is 12.0 Å². The molecule has 0 radical (unpaired) electrons. The van der Waals surface area contributed by atoms with E-state index in [4.69, 9.17) is 11.6 Å². The summed E-state index contributed by atoms with van der Waals surface area (Å²) in [5, 5.41) is 4.22. The lowest BCUT2D eigenvalue weighted by Gasteiger charge is -2.29. The molecule has 2 rings (SSSR count). The highest BCUT2D eigenvalue weighted by molar-refractivity contribution is 6.30. The molecule has 0 fully saturated rings. The number of para-hydroxylation sites is 1. The number of halogens is 1. The van der Waals surface area contributed by atoms with Crippen molar-refractivity contribution in [2.45, 2.75) is 12.5 Å². The summed E-state index contributed by atoms with van der Waals surface area (Å²) in [5.74, 6) is 0. The van der Waals surface area contributed by atoms with E-state index in [0.717, 1.165) is 16.3 Å². The van der Waals surface area contributed by atoms with Crippen molar-refractivity contribution in [1.29, 1.82) is 0 Å². The molecule has 2 heteroatoms. The van der Waals surface area contributed by atoms with Crippen molar-refractivity contribution in [1.82, 2.24) is 0 Å². The monoisotopic (exact) mass is 257 g/mol. The molecule has 1 atom stereocenters. The van der Waals surface area contributed by atoms with Crippen LogP contribution in [0.2, 0.25) is 5.02 Å². The fourth-order valence-corrected chi connectivity index (χ4v) is 1.98. The molecule has 0 heterocycles. The molecule has 1 nitrogen and oxygen atoms in total. The summed E-state index contributed by atoms with van der Waals surface area (Å²) in [7, 11) is 0. The molecule has 92 valence electrons. The minimum absolute atomic E-state index is 0.314. The lowest BCUT2D eigenvalue weighted by Crippen LogP contribution is -2.29. The van der Waals surface area contributed by atoms with Crippen LogP contribution in [0.15, 0.2) is 67.3 Å². The summed E-state index contributed by atoms with van der Waals surface area (Å²) < 4.78 is 0. The molecule has 0 aliphatic heterocycles. The predicted molar refractivity (Wildman–Crippen MR) is 79.1 cm³/mol. The van der Waals surface area contributed by atoms with Crippen molar-refractivity contribution in [2.75, 3.05) is 5.32 Å². The third kappa shape index (κ3) is 2.74. The maximum Gasteiger partial charge on any atom is 0.0778 e. The molecule has 0 aliphatic rings. The van der Waals surface area contributed by atoms with Gasteiger partial charge < -0.3 is 5.32 Å². The number of hydrogen-bond donors (Lipinski definition) is 1. The fourth-order valence-electron chi connectivity index (χ4n) is 1.86. The summed E-state index contributed by atoms with van der Waals surface area (Å²) in [5.41, 5.74) is 1.88. The van der Waals surface area contributed by atoms with Gasteiger partial charge in [0.05, 0.1) is 5.54 Å². The SMILES string of the molecule is C=C[C@](C)(Nc1ccccc1)c1ccc(Cl)cc1.